The first-order chi connectivity index (χ1) is 40.5. The van der Waals surface area contributed by atoms with Crippen LogP contribution in [0.3, 0.4) is 0 Å². The molecule has 0 aromatic heterocycles. The number of ether oxygens (including phenoxy) is 3. The van der Waals surface area contributed by atoms with E-state index < -0.39 is 6.10 Å². The first kappa shape index (κ1) is 78.1. The van der Waals surface area contributed by atoms with Crippen LogP contribution in [-0.2, 0) is 28.6 Å². The van der Waals surface area contributed by atoms with Crippen molar-refractivity contribution in [3.8, 4) is 0 Å². The Morgan fingerprint density at radius 2 is 0.476 bits per heavy atom. The molecule has 1 unspecified atom stereocenters. The quantitative estimate of drug-likeness (QED) is 0.0261. The highest BCUT2D eigenvalue weighted by atomic mass is 16.6. The maximum atomic E-state index is 12.9. The second-order valence-corrected chi connectivity index (χ2v) is 23.1. The third-order valence-corrected chi connectivity index (χ3v) is 15.0. The molecule has 0 aromatic rings. The van der Waals surface area contributed by atoms with E-state index in [1.807, 2.05) is 0 Å². The summed E-state index contributed by atoms with van der Waals surface area (Å²) < 4.78 is 16.9. The fraction of sp³-hybridized carbons (Fsp3) is 0.724. The van der Waals surface area contributed by atoms with Crippen molar-refractivity contribution in [3.05, 3.63) is 109 Å². The zero-order chi connectivity index (χ0) is 59.2. The van der Waals surface area contributed by atoms with Crippen LogP contribution in [-0.4, -0.2) is 37.2 Å². The lowest BCUT2D eigenvalue weighted by Crippen LogP contribution is -2.30. The lowest BCUT2D eigenvalue weighted by Gasteiger charge is -2.18. The number of hydrogen-bond acceptors (Lipinski definition) is 6. The zero-order valence-corrected chi connectivity index (χ0v) is 54.0. The molecule has 0 bridgehead atoms. The molecule has 0 fully saturated rings. The van der Waals surface area contributed by atoms with Crippen molar-refractivity contribution in [3.63, 3.8) is 0 Å². The summed E-state index contributed by atoms with van der Waals surface area (Å²) in [6, 6.07) is 0. The summed E-state index contributed by atoms with van der Waals surface area (Å²) in [6.45, 7) is 6.52. The molecule has 1 atom stereocenters. The largest absolute Gasteiger partial charge is 0.462 e. The molecule has 82 heavy (non-hydrogen) atoms. The average Bonchev–Trinajstić information content (AvgIpc) is 3.48. The van der Waals surface area contributed by atoms with Crippen molar-refractivity contribution in [1.29, 1.82) is 0 Å². The summed E-state index contributed by atoms with van der Waals surface area (Å²) >= 11 is 0. The smallest absolute Gasteiger partial charge is 0.306 e. The van der Waals surface area contributed by atoms with E-state index in [0.717, 1.165) is 122 Å². The fourth-order valence-electron chi connectivity index (χ4n) is 9.85. The van der Waals surface area contributed by atoms with Gasteiger partial charge in [0.25, 0.3) is 0 Å². The molecule has 0 aliphatic rings. The van der Waals surface area contributed by atoms with Gasteiger partial charge in [0.2, 0.25) is 0 Å². The van der Waals surface area contributed by atoms with Crippen LogP contribution in [0.15, 0.2) is 109 Å². The Labute approximate surface area is 508 Å². The van der Waals surface area contributed by atoms with Crippen LogP contribution in [0.25, 0.3) is 0 Å². The van der Waals surface area contributed by atoms with Crippen molar-refractivity contribution < 1.29 is 28.6 Å². The Bertz CT molecular complexity index is 1640. The van der Waals surface area contributed by atoms with Gasteiger partial charge in [0, 0.05) is 19.3 Å². The van der Waals surface area contributed by atoms with Crippen molar-refractivity contribution in [1.82, 2.24) is 0 Å². The molecule has 470 valence electrons. The SMILES string of the molecule is CC/C=C\C/C=C\C/C=C\C/C=C\C/C=C\C/C=C\C/C=C\C/C=C\C/C=C\CCCCCC(=O)OCC(COC(=O)CCCCCCCCCCC)OC(=O)CCCCCCCCCCCCCCCCCCCCCCCCCC. The van der Waals surface area contributed by atoms with Gasteiger partial charge in [0.05, 0.1) is 0 Å². The van der Waals surface area contributed by atoms with Crippen LogP contribution in [0.5, 0.6) is 0 Å². The van der Waals surface area contributed by atoms with Crippen LogP contribution in [0, 0.1) is 0 Å². The standard InChI is InChI=1S/C76H130O6/c1-4-7-10-13-16-19-21-23-25-27-29-31-33-35-36-37-38-39-40-41-43-44-46-48-50-52-54-57-60-63-66-69-75(78)81-72-73(71-80-74(77)68-65-62-59-56-18-15-12-9-6-3)82-76(79)70-67-64-61-58-55-53-51-49-47-45-42-34-32-30-28-26-24-22-20-17-14-11-8-5-2/h7,10,16,19,23,25,29,31,35-36,38-39,41,43,46,48,52,54,73H,4-6,8-9,11-15,17-18,20-22,24,26-28,30,32-34,37,40,42,44-45,47,49-51,53,55-72H2,1-3H3/b10-7-,19-16-,25-23-,31-29-,36-35-,39-38-,43-41-,48-46-,54-52-. The third kappa shape index (κ3) is 66.9. The highest BCUT2D eigenvalue weighted by Crippen LogP contribution is 2.17. The van der Waals surface area contributed by atoms with E-state index in [1.165, 1.54) is 173 Å². The second-order valence-electron chi connectivity index (χ2n) is 23.1. The van der Waals surface area contributed by atoms with Crippen molar-refractivity contribution in [2.75, 3.05) is 13.2 Å². The van der Waals surface area contributed by atoms with E-state index in [9.17, 15) is 14.4 Å². The average molecular weight is 1140 g/mol. The molecule has 0 rings (SSSR count). The molecule has 6 nitrogen and oxygen atoms in total. The summed E-state index contributed by atoms with van der Waals surface area (Å²) in [5.74, 6) is -0.909. The monoisotopic (exact) mass is 1140 g/mol. The summed E-state index contributed by atoms with van der Waals surface area (Å²) in [6.07, 6.45) is 95.6. The number of esters is 3. The Morgan fingerprint density at radius 1 is 0.256 bits per heavy atom. The molecule has 0 aromatic carbocycles. The predicted molar refractivity (Wildman–Crippen MR) is 357 cm³/mol. The maximum Gasteiger partial charge on any atom is 0.306 e. The number of rotatable bonds is 63. The van der Waals surface area contributed by atoms with E-state index in [-0.39, 0.29) is 31.1 Å². The van der Waals surface area contributed by atoms with Crippen LogP contribution >= 0.6 is 0 Å². The molecule has 0 radical (unpaired) electrons. The first-order valence-corrected chi connectivity index (χ1v) is 34.9. The van der Waals surface area contributed by atoms with E-state index in [0.29, 0.717) is 19.3 Å². The molecule has 0 saturated heterocycles. The number of allylic oxidation sites excluding steroid dienone is 18. The summed E-state index contributed by atoms with van der Waals surface area (Å²) in [4.78, 5) is 38.3. The van der Waals surface area contributed by atoms with Gasteiger partial charge in [-0.2, -0.15) is 0 Å². The third-order valence-electron chi connectivity index (χ3n) is 15.0. The Morgan fingerprint density at radius 3 is 0.744 bits per heavy atom. The minimum atomic E-state index is -0.790. The van der Waals surface area contributed by atoms with Gasteiger partial charge in [-0.25, -0.2) is 0 Å². The van der Waals surface area contributed by atoms with E-state index in [4.69, 9.17) is 14.2 Å². The number of carbonyl (C=O) groups is 3. The lowest BCUT2D eigenvalue weighted by molar-refractivity contribution is -0.167. The van der Waals surface area contributed by atoms with Crippen molar-refractivity contribution in [2.24, 2.45) is 0 Å². The molecule has 0 N–H and O–H groups in total. The first-order valence-electron chi connectivity index (χ1n) is 34.9. The van der Waals surface area contributed by atoms with E-state index in [1.54, 1.807) is 0 Å². The van der Waals surface area contributed by atoms with Crippen LogP contribution in [0.2, 0.25) is 0 Å². The van der Waals surface area contributed by atoms with E-state index in [2.05, 4.69) is 130 Å². The topological polar surface area (TPSA) is 78.9 Å². The molecule has 0 amide bonds. The number of hydrogen-bond donors (Lipinski definition) is 0. The van der Waals surface area contributed by atoms with Crippen LogP contribution in [0.4, 0.5) is 0 Å². The maximum absolute atomic E-state index is 12.9. The minimum absolute atomic E-state index is 0.0853. The minimum Gasteiger partial charge on any atom is -0.462 e. The molecule has 0 heterocycles. The van der Waals surface area contributed by atoms with Gasteiger partial charge in [-0.3, -0.25) is 14.4 Å². The van der Waals surface area contributed by atoms with Gasteiger partial charge in [-0.1, -0.05) is 336 Å². The summed E-state index contributed by atoms with van der Waals surface area (Å²) in [5, 5.41) is 0. The molecular formula is C76H130O6. The van der Waals surface area contributed by atoms with Crippen molar-refractivity contribution >= 4 is 17.9 Å². The van der Waals surface area contributed by atoms with E-state index >= 15 is 0 Å². The van der Waals surface area contributed by atoms with Gasteiger partial charge in [0.15, 0.2) is 6.10 Å². The Hall–Kier alpha value is -3.93. The Kier molecular flexibility index (Phi) is 66.2. The second kappa shape index (κ2) is 69.6. The highest BCUT2D eigenvalue weighted by Gasteiger charge is 2.19. The summed E-state index contributed by atoms with van der Waals surface area (Å²) in [5.41, 5.74) is 0. The van der Waals surface area contributed by atoms with Crippen LogP contribution in [0.1, 0.15) is 335 Å². The van der Waals surface area contributed by atoms with Gasteiger partial charge < -0.3 is 14.2 Å². The number of carbonyl (C=O) groups excluding carboxylic acids is 3. The predicted octanol–water partition coefficient (Wildman–Crippen LogP) is 24.2. The molecular weight excluding hydrogens is 1010 g/mol. The highest BCUT2D eigenvalue weighted by molar-refractivity contribution is 5.71. The molecule has 0 aliphatic heterocycles. The van der Waals surface area contributed by atoms with Gasteiger partial charge in [-0.15, -0.1) is 0 Å². The molecule has 0 aliphatic carbocycles. The van der Waals surface area contributed by atoms with Gasteiger partial charge in [0.1, 0.15) is 13.2 Å². The molecule has 6 heteroatoms. The number of unbranched alkanes of at least 4 members (excludes halogenated alkanes) is 34. The van der Waals surface area contributed by atoms with Crippen molar-refractivity contribution in [2.45, 2.75) is 341 Å². The van der Waals surface area contributed by atoms with Gasteiger partial charge in [-0.05, 0) is 89.9 Å². The van der Waals surface area contributed by atoms with Gasteiger partial charge >= 0.3 is 17.9 Å². The van der Waals surface area contributed by atoms with Crippen LogP contribution < -0.4 is 0 Å². The molecule has 0 spiro atoms. The normalized spacial score (nSPS) is 12.8. The lowest BCUT2D eigenvalue weighted by atomic mass is 10.0. The summed E-state index contributed by atoms with van der Waals surface area (Å²) in [7, 11) is 0. The zero-order valence-electron chi connectivity index (χ0n) is 54.0. The Balaban J connectivity index is 4.25. The molecule has 0 saturated carbocycles. The fourth-order valence-corrected chi connectivity index (χ4v) is 9.85.